The number of benzene rings is 1. The minimum atomic E-state index is -1.24. The number of carbonyl (C=O) groups excluding carboxylic acids is 2. The van der Waals surface area contributed by atoms with E-state index in [1.165, 1.54) is 26.2 Å². The van der Waals surface area contributed by atoms with Crippen molar-refractivity contribution < 1.29 is 23.1 Å². The predicted octanol–water partition coefficient (Wildman–Crippen LogP) is 2.35. The maximum atomic E-state index is 14.0. The third-order valence-corrected chi connectivity index (χ3v) is 4.37. The molecule has 2 atom stereocenters. The average Bonchev–Trinajstić information content (AvgIpc) is 2.93. The second-order valence-corrected chi connectivity index (χ2v) is 6.00. The Morgan fingerprint density at radius 3 is 2.58 bits per heavy atom. The summed E-state index contributed by atoms with van der Waals surface area (Å²) in [5.41, 5.74) is -0.371. The second-order valence-electron chi connectivity index (χ2n) is 6.00. The maximum Gasteiger partial charge on any atom is 0.254 e. The molecule has 0 saturated carbocycles. The van der Waals surface area contributed by atoms with Gasteiger partial charge >= 0.3 is 0 Å². The summed E-state index contributed by atoms with van der Waals surface area (Å²) in [5.74, 6) is -3.32. The van der Waals surface area contributed by atoms with Crippen molar-refractivity contribution in [2.24, 2.45) is 5.92 Å². The van der Waals surface area contributed by atoms with Crippen LogP contribution in [0.4, 0.5) is 8.78 Å². The normalized spacial score (nSPS) is 20.1. The minimum Gasteiger partial charge on any atom is -0.494 e. The van der Waals surface area contributed by atoms with Crippen LogP contribution in [0, 0.1) is 17.6 Å². The fourth-order valence-electron chi connectivity index (χ4n) is 3.07. The van der Waals surface area contributed by atoms with Crippen molar-refractivity contribution in [1.82, 2.24) is 10.2 Å². The van der Waals surface area contributed by atoms with Crippen molar-refractivity contribution in [1.29, 1.82) is 0 Å². The van der Waals surface area contributed by atoms with Gasteiger partial charge in [-0.05, 0) is 24.5 Å². The van der Waals surface area contributed by atoms with E-state index in [0.717, 1.165) is 12.8 Å². The van der Waals surface area contributed by atoms with Crippen LogP contribution in [0.2, 0.25) is 0 Å². The first kappa shape index (κ1) is 18.2. The number of likely N-dealkylation sites (tertiary alicyclic amines) is 1. The van der Waals surface area contributed by atoms with Crippen LogP contribution in [-0.2, 0) is 4.79 Å². The highest BCUT2D eigenvalue weighted by atomic mass is 19.2. The number of rotatable bonds is 5. The van der Waals surface area contributed by atoms with Crippen molar-refractivity contribution in [3.8, 4) is 5.75 Å². The van der Waals surface area contributed by atoms with Gasteiger partial charge in [-0.15, -0.1) is 0 Å². The number of halogens is 2. The molecule has 0 aliphatic carbocycles. The van der Waals surface area contributed by atoms with Gasteiger partial charge in [0.2, 0.25) is 11.7 Å². The Bertz CT molecular complexity index is 637. The van der Waals surface area contributed by atoms with Crippen molar-refractivity contribution in [2.75, 3.05) is 20.2 Å². The van der Waals surface area contributed by atoms with Gasteiger partial charge in [-0.25, -0.2) is 4.39 Å². The van der Waals surface area contributed by atoms with E-state index in [9.17, 15) is 18.4 Å². The van der Waals surface area contributed by atoms with E-state index >= 15 is 0 Å². The number of hydrogen-bond donors (Lipinski definition) is 1. The Hall–Kier alpha value is -2.18. The number of nitrogens with zero attached hydrogens (tertiary/aromatic N) is 1. The van der Waals surface area contributed by atoms with Crippen LogP contribution < -0.4 is 10.1 Å². The third-order valence-electron chi connectivity index (χ3n) is 4.37. The molecule has 1 N–H and O–H groups in total. The van der Waals surface area contributed by atoms with Gasteiger partial charge in [-0.1, -0.05) is 13.3 Å². The first-order chi connectivity index (χ1) is 11.4. The molecule has 132 valence electrons. The highest BCUT2D eigenvalue weighted by Gasteiger charge is 2.35. The van der Waals surface area contributed by atoms with Crippen LogP contribution in [0.5, 0.6) is 5.75 Å². The molecule has 7 heteroatoms. The van der Waals surface area contributed by atoms with E-state index in [1.54, 1.807) is 4.90 Å². The van der Waals surface area contributed by atoms with E-state index in [1.807, 2.05) is 6.92 Å². The zero-order valence-electron chi connectivity index (χ0n) is 14.1. The molecule has 0 spiro atoms. The molecule has 1 fully saturated rings. The van der Waals surface area contributed by atoms with E-state index in [0.29, 0.717) is 13.1 Å². The Kier molecular flexibility index (Phi) is 5.75. The van der Waals surface area contributed by atoms with Gasteiger partial charge in [0.1, 0.15) is 0 Å². The van der Waals surface area contributed by atoms with Gasteiger partial charge in [0, 0.05) is 20.0 Å². The first-order valence-electron chi connectivity index (χ1n) is 7.97. The summed E-state index contributed by atoms with van der Waals surface area (Å²) in [6.45, 7) is 4.44. The van der Waals surface area contributed by atoms with E-state index in [4.69, 9.17) is 4.74 Å². The van der Waals surface area contributed by atoms with Gasteiger partial charge in [-0.2, -0.15) is 4.39 Å². The summed E-state index contributed by atoms with van der Waals surface area (Å²) in [7, 11) is 1.22. The fraction of sp³-hybridized carbons (Fsp3) is 0.529. The molecule has 24 heavy (non-hydrogen) atoms. The van der Waals surface area contributed by atoms with Gasteiger partial charge in [0.05, 0.1) is 18.7 Å². The van der Waals surface area contributed by atoms with Gasteiger partial charge in [0.25, 0.3) is 5.91 Å². The van der Waals surface area contributed by atoms with Crippen molar-refractivity contribution in [3.63, 3.8) is 0 Å². The summed E-state index contributed by atoms with van der Waals surface area (Å²) in [4.78, 5) is 25.6. The molecular formula is C17H22F2N2O3. The van der Waals surface area contributed by atoms with Crippen molar-refractivity contribution in [2.45, 2.75) is 32.7 Å². The lowest BCUT2D eigenvalue weighted by Crippen LogP contribution is -2.41. The fourth-order valence-corrected chi connectivity index (χ4v) is 3.07. The summed E-state index contributed by atoms with van der Waals surface area (Å²) in [6, 6.07) is 2.14. The van der Waals surface area contributed by atoms with Crippen LogP contribution in [0.25, 0.3) is 0 Å². The van der Waals surface area contributed by atoms with Gasteiger partial charge in [0.15, 0.2) is 11.6 Å². The number of amides is 2. The highest BCUT2D eigenvalue weighted by molar-refractivity contribution is 5.95. The van der Waals surface area contributed by atoms with Crippen molar-refractivity contribution >= 4 is 11.8 Å². The summed E-state index contributed by atoms with van der Waals surface area (Å²) in [6.07, 6.45) is 1.75. The zero-order chi connectivity index (χ0) is 17.9. The van der Waals surface area contributed by atoms with Gasteiger partial charge in [-0.3, -0.25) is 9.59 Å². The molecule has 1 aromatic carbocycles. The zero-order valence-corrected chi connectivity index (χ0v) is 14.1. The molecule has 0 radical (unpaired) electrons. The van der Waals surface area contributed by atoms with Crippen LogP contribution in [-0.4, -0.2) is 43.0 Å². The molecule has 0 bridgehead atoms. The number of nitrogens with one attached hydrogen (secondary N) is 1. The van der Waals surface area contributed by atoms with E-state index in [2.05, 4.69) is 5.32 Å². The third kappa shape index (κ3) is 3.66. The average molecular weight is 340 g/mol. The van der Waals surface area contributed by atoms with E-state index < -0.39 is 17.5 Å². The SMILES string of the molecule is CCCC1CN(C(C)=O)CC1NC(=O)c1ccc(OC)c(F)c1F. The molecule has 1 aliphatic heterocycles. The van der Waals surface area contributed by atoms with E-state index in [-0.39, 0.29) is 29.2 Å². The molecule has 1 heterocycles. The minimum absolute atomic E-state index is 0.0606. The summed E-state index contributed by atoms with van der Waals surface area (Å²) < 4.78 is 32.5. The quantitative estimate of drug-likeness (QED) is 0.895. The summed E-state index contributed by atoms with van der Waals surface area (Å²) in [5, 5.41) is 2.74. The maximum absolute atomic E-state index is 14.0. The van der Waals surface area contributed by atoms with Crippen LogP contribution in [0.15, 0.2) is 12.1 Å². The molecule has 1 saturated heterocycles. The molecule has 2 amide bonds. The number of carbonyl (C=O) groups is 2. The Morgan fingerprint density at radius 1 is 1.29 bits per heavy atom. The topological polar surface area (TPSA) is 58.6 Å². The molecule has 2 unspecified atom stereocenters. The standard InChI is InChI=1S/C17H22F2N2O3/c1-4-5-11-8-21(10(2)22)9-13(11)20-17(23)12-6-7-14(24-3)16(19)15(12)18/h6-7,11,13H,4-5,8-9H2,1-3H3,(H,20,23). The number of ether oxygens (including phenoxy) is 1. The lowest BCUT2D eigenvalue weighted by molar-refractivity contribution is -0.128. The number of methoxy groups -OCH3 is 1. The largest absolute Gasteiger partial charge is 0.494 e. The molecule has 5 nitrogen and oxygen atoms in total. The Balaban J connectivity index is 2.16. The highest BCUT2D eigenvalue weighted by Crippen LogP contribution is 2.25. The number of hydrogen-bond acceptors (Lipinski definition) is 3. The Morgan fingerprint density at radius 2 is 2.00 bits per heavy atom. The molecule has 2 rings (SSSR count). The lowest BCUT2D eigenvalue weighted by Gasteiger charge is -2.19. The first-order valence-corrected chi connectivity index (χ1v) is 7.97. The van der Waals surface area contributed by atoms with Gasteiger partial charge < -0.3 is 15.0 Å². The second kappa shape index (κ2) is 7.59. The van der Waals surface area contributed by atoms with Crippen LogP contribution in [0.3, 0.4) is 0 Å². The molecule has 0 aromatic heterocycles. The summed E-state index contributed by atoms with van der Waals surface area (Å²) >= 11 is 0. The molecular weight excluding hydrogens is 318 g/mol. The predicted molar refractivity (Wildman–Crippen MR) is 84.8 cm³/mol. The molecule has 1 aromatic rings. The van der Waals surface area contributed by atoms with Crippen LogP contribution >= 0.6 is 0 Å². The monoisotopic (exact) mass is 340 g/mol. The van der Waals surface area contributed by atoms with Crippen molar-refractivity contribution in [3.05, 3.63) is 29.3 Å². The smallest absolute Gasteiger partial charge is 0.254 e. The molecule has 1 aliphatic rings. The lowest BCUT2D eigenvalue weighted by atomic mass is 9.98. The van der Waals surface area contributed by atoms with Crippen LogP contribution in [0.1, 0.15) is 37.0 Å². The Labute approximate surface area is 140 Å².